The van der Waals surface area contributed by atoms with Crippen molar-refractivity contribution in [2.24, 2.45) is 7.05 Å². The fourth-order valence-electron chi connectivity index (χ4n) is 3.97. The van der Waals surface area contributed by atoms with Crippen molar-refractivity contribution in [2.45, 2.75) is 25.8 Å². The summed E-state index contributed by atoms with van der Waals surface area (Å²) in [6.07, 6.45) is 4.26. The number of likely N-dealkylation sites (N-methyl/N-ethyl adjacent to an activating group) is 1. The summed E-state index contributed by atoms with van der Waals surface area (Å²) < 4.78 is 2.02. The van der Waals surface area contributed by atoms with E-state index in [1.807, 2.05) is 29.9 Å². The number of nitrogens with one attached hydrogen (secondary N) is 1. The van der Waals surface area contributed by atoms with Crippen LogP contribution in [0.15, 0.2) is 30.5 Å². The van der Waals surface area contributed by atoms with Crippen LogP contribution in [0.25, 0.3) is 22.2 Å². The van der Waals surface area contributed by atoms with Crippen molar-refractivity contribution in [3.63, 3.8) is 0 Å². The highest BCUT2D eigenvalue weighted by Gasteiger charge is 2.22. The number of nitriles is 1. The van der Waals surface area contributed by atoms with Crippen molar-refractivity contribution >= 4 is 16.7 Å². The molecule has 0 spiro atoms. The van der Waals surface area contributed by atoms with Crippen LogP contribution in [0.3, 0.4) is 0 Å². The number of phenols is 1. The summed E-state index contributed by atoms with van der Waals surface area (Å²) in [7, 11) is 1.98. The number of piperidine rings is 1. The minimum atomic E-state index is 0.0325. The number of hydrogen-bond acceptors (Lipinski definition) is 6. The second-order valence-corrected chi connectivity index (χ2v) is 7.31. The Morgan fingerprint density at radius 3 is 2.93 bits per heavy atom. The van der Waals surface area contributed by atoms with Gasteiger partial charge in [0, 0.05) is 36.8 Å². The Bertz CT molecular complexity index is 1050. The predicted molar refractivity (Wildman–Crippen MR) is 109 cm³/mol. The Hall–Kier alpha value is -3.11. The quantitative estimate of drug-likeness (QED) is 0.727. The minimum Gasteiger partial charge on any atom is -0.507 e. The summed E-state index contributed by atoms with van der Waals surface area (Å²) in [6, 6.07) is 9.22. The Kier molecular flexibility index (Phi) is 4.88. The molecule has 28 heavy (non-hydrogen) atoms. The van der Waals surface area contributed by atoms with Gasteiger partial charge in [-0.05, 0) is 50.2 Å². The number of phenolic OH excluding ortho intramolecular Hbond substituents is 1. The van der Waals surface area contributed by atoms with Gasteiger partial charge in [-0.2, -0.15) is 5.26 Å². The summed E-state index contributed by atoms with van der Waals surface area (Å²) in [5.41, 5.74) is 2.56. The monoisotopic (exact) mass is 376 g/mol. The normalized spacial score (nSPS) is 17.5. The van der Waals surface area contributed by atoms with E-state index in [0.717, 1.165) is 42.8 Å². The van der Waals surface area contributed by atoms with Crippen LogP contribution in [0.5, 0.6) is 5.75 Å². The Morgan fingerprint density at radius 1 is 1.32 bits per heavy atom. The summed E-state index contributed by atoms with van der Waals surface area (Å²) in [5.74, 6) is 0.799. The van der Waals surface area contributed by atoms with Crippen molar-refractivity contribution in [3.05, 3.63) is 36.0 Å². The van der Waals surface area contributed by atoms with E-state index in [1.165, 1.54) is 12.5 Å². The van der Waals surface area contributed by atoms with Crippen LogP contribution in [0.4, 0.5) is 5.82 Å². The molecule has 1 saturated heterocycles. The molecular formula is C21H24N6O. The van der Waals surface area contributed by atoms with Crippen molar-refractivity contribution in [2.75, 3.05) is 25.0 Å². The number of fused-ring (bicyclic) bond motifs is 1. The van der Waals surface area contributed by atoms with Crippen LogP contribution in [-0.2, 0) is 7.05 Å². The number of aromatic nitrogens is 3. The van der Waals surface area contributed by atoms with Crippen LogP contribution < -0.4 is 5.32 Å². The minimum absolute atomic E-state index is 0.0325. The molecule has 1 aliphatic heterocycles. The summed E-state index contributed by atoms with van der Waals surface area (Å²) >= 11 is 0. The smallest absolute Gasteiger partial charge is 0.173 e. The molecule has 3 aromatic rings. The maximum absolute atomic E-state index is 10.4. The van der Waals surface area contributed by atoms with Crippen LogP contribution >= 0.6 is 0 Å². The van der Waals surface area contributed by atoms with Gasteiger partial charge in [-0.25, -0.2) is 0 Å². The Balaban J connectivity index is 1.73. The molecule has 0 saturated carbocycles. The average molecular weight is 376 g/mol. The average Bonchev–Trinajstić information content (AvgIpc) is 3.11. The molecule has 3 heterocycles. The topological polar surface area (TPSA) is 90.0 Å². The predicted octanol–water partition coefficient (Wildman–Crippen LogP) is 3.11. The van der Waals surface area contributed by atoms with Crippen LogP contribution in [0.2, 0.25) is 0 Å². The number of rotatable bonds is 4. The summed E-state index contributed by atoms with van der Waals surface area (Å²) in [5, 5.41) is 32.8. The van der Waals surface area contributed by atoms with Crippen molar-refractivity contribution in [1.82, 2.24) is 19.7 Å². The van der Waals surface area contributed by atoms with Crippen molar-refractivity contribution in [3.8, 4) is 23.1 Å². The zero-order valence-electron chi connectivity index (χ0n) is 16.2. The fourth-order valence-corrected chi connectivity index (χ4v) is 3.97. The lowest BCUT2D eigenvalue weighted by Gasteiger charge is -2.32. The van der Waals surface area contributed by atoms with Crippen molar-refractivity contribution < 1.29 is 5.11 Å². The number of aryl methyl sites for hydroxylation is 1. The number of anilines is 1. The zero-order valence-corrected chi connectivity index (χ0v) is 16.2. The molecule has 1 aliphatic rings. The first-order valence-corrected chi connectivity index (χ1v) is 9.64. The van der Waals surface area contributed by atoms with E-state index in [1.54, 1.807) is 12.1 Å². The number of likely N-dealkylation sites (tertiary alicyclic amines) is 1. The molecule has 7 heteroatoms. The zero-order chi connectivity index (χ0) is 19.7. The third kappa shape index (κ3) is 3.27. The highest BCUT2D eigenvalue weighted by Crippen LogP contribution is 2.35. The van der Waals surface area contributed by atoms with Gasteiger partial charge in [-0.3, -0.25) is 0 Å². The molecule has 2 N–H and O–H groups in total. The Morgan fingerprint density at radius 2 is 2.18 bits per heavy atom. The lowest BCUT2D eigenvalue weighted by atomic mass is 10.0. The van der Waals surface area contributed by atoms with Gasteiger partial charge >= 0.3 is 0 Å². The van der Waals surface area contributed by atoms with Gasteiger partial charge in [0.25, 0.3) is 0 Å². The van der Waals surface area contributed by atoms with E-state index in [2.05, 4.69) is 27.3 Å². The molecule has 0 radical (unpaired) electrons. The molecule has 1 atom stereocenters. The fraction of sp³-hybridized carbons (Fsp3) is 0.381. The molecule has 0 unspecified atom stereocenters. The first-order chi connectivity index (χ1) is 13.6. The maximum atomic E-state index is 10.4. The third-order valence-corrected chi connectivity index (χ3v) is 5.48. The second kappa shape index (κ2) is 7.49. The summed E-state index contributed by atoms with van der Waals surface area (Å²) in [6.45, 7) is 5.40. The molecule has 1 aromatic carbocycles. The van der Waals surface area contributed by atoms with Gasteiger partial charge in [0.05, 0.1) is 17.1 Å². The SMILES string of the molecule is CCN1CCC[C@@H](Nc2nnc(-c3ccc(C#N)cc3O)c3ccn(C)c23)C1. The van der Waals surface area contributed by atoms with Crippen molar-refractivity contribution in [1.29, 1.82) is 5.26 Å². The number of hydrogen-bond donors (Lipinski definition) is 2. The van der Waals surface area contributed by atoms with Crippen LogP contribution in [-0.4, -0.2) is 50.4 Å². The highest BCUT2D eigenvalue weighted by molar-refractivity contribution is 5.99. The molecule has 0 amide bonds. The standard InChI is InChI=1S/C21H24N6O/c1-3-27-9-4-5-15(13-27)23-21-20-17(8-10-26(20)2)19(24-25-21)16-7-6-14(12-22)11-18(16)28/h6-8,10-11,15,28H,3-5,9,13H2,1-2H3,(H,23,25)/t15-/m1/s1. The molecular weight excluding hydrogens is 352 g/mol. The van der Waals surface area contributed by atoms with Gasteiger partial charge in [-0.1, -0.05) is 6.92 Å². The number of benzene rings is 1. The van der Waals surface area contributed by atoms with Gasteiger partial charge < -0.3 is 19.9 Å². The van der Waals surface area contributed by atoms with Crippen LogP contribution in [0, 0.1) is 11.3 Å². The second-order valence-electron chi connectivity index (χ2n) is 7.31. The van der Waals surface area contributed by atoms with E-state index in [-0.39, 0.29) is 5.75 Å². The largest absolute Gasteiger partial charge is 0.507 e. The molecule has 2 aromatic heterocycles. The third-order valence-electron chi connectivity index (χ3n) is 5.48. The first kappa shape index (κ1) is 18.3. The highest BCUT2D eigenvalue weighted by atomic mass is 16.3. The van der Waals surface area contributed by atoms with Gasteiger partial charge in [0.15, 0.2) is 5.82 Å². The first-order valence-electron chi connectivity index (χ1n) is 9.64. The maximum Gasteiger partial charge on any atom is 0.173 e. The number of nitrogens with zero attached hydrogens (tertiary/aromatic N) is 5. The molecule has 1 fully saturated rings. The molecule has 0 bridgehead atoms. The lowest BCUT2D eigenvalue weighted by molar-refractivity contribution is 0.226. The van der Waals surface area contributed by atoms with E-state index in [4.69, 9.17) is 5.26 Å². The molecule has 4 rings (SSSR count). The Labute approximate surface area is 164 Å². The lowest BCUT2D eigenvalue weighted by Crippen LogP contribution is -2.42. The summed E-state index contributed by atoms with van der Waals surface area (Å²) in [4.78, 5) is 2.44. The molecule has 144 valence electrons. The number of aromatic hydroxyl groups is 1. The van der Waals surface area contributed by atoms with E-state index in [9.17, 15) is 5.11 Å². The molecule has 7 nitrogen and oxygen atoms in total. The van der Waals surface area contributed by atoms with Gasteiger partial charge in [-0.15, -0.1) is 10.2 Å². The van der Waals surface area contributed by atoms with E-state index < -0.39 is 0 Å². The van der Waals surface area contributed by atoms with Gasteiger partial charge in [0.2, 0.25) is 0 Å². The van der Waals surface area contributed by atoms with Gasteiger partial charge in [0.1, 0.15) is 11.4 Å². The van der Waals surface area contributed by atoms with E-state index >= 15 is 0 Å². The molecule has 0 aliphatic carbocycles. The van der Waals surface area contributed by atoms with E-state index in [0.29, 0.717) is 22.9 Å². The van der Waals surface area contributed by atoms with Crippen LogP contribution in [0.1, 0.15) is 25.3 Å².